The summed E-state index contributed by atoms with van der Waals surface area (Å²) in [5.74, 6) is -0.136. The third-order valence-corrected chi connectivity index (χ3v) is 5.30. The number of carbonyl (C=O) groups is 2. The molecule has 9 nitrogen and oxygen atoms in total. The summed E-state index contributed by atoms with van der Waals surface area (Å²) < 4.78 is 16.1. The summed E-state index contributed by atoms with van der Waals surface area (Å²) in [7, 11) is 0. The Labute approximate surface area is 182 Å². The van der Waals surface area contributed by atoms with Crippen LogP contribution in [-0.4, -0.2) is 27.2 Å². The van der Waals surface area contributed by atoms with E-state index in [0.29, 0.717) is 28.3 Å². The van der Waals surface area contributed by atoms with Gasteiger partial charge in [0.2, 0.25) is 6.10 Å². The molecule has 0 bridgehead atoms. The van der Waals surface area contributed by atoms with Crippen molar-refractivity contribution in [3.05, 3.63) is 70.7 Å². The topological polar surface area (TPSA) is 120 Å². The Hall–Kier alpha value is -4.01. The Balaban J connectivity index is 1.49. The SMILES string of the molecule is Cc1cc(NC(=O)C(OC(=O)c2cc(C3CC3)nc3onc(C)c23)c2ccccc2)no1. The zero-order valence-electron chi connectivity index (χ0n) is 17.5. The van der Waals surface area contributed by atoms with Gasteiger partial charge in [-0.05, 0) is 32.8 Å². The highest BCUT2D eigenvalue weighted by atomic mass is 16.5. The number of ether oxygens (including phenoxy) is 1. The zero-order chi connectivity index (χ0) is 22.2. The van der Waals surface area contributed by atoms with Gasteiger partial charge in [-0.3, -0.25) is 4.79 Å². The first-order valence-electron chi connectivity index (χ1n) is 10.3. The maximum Gasteiger partial charge on any atom is 0.340 e. The predicted octanol–water partition coefficient (Wildman–Crippen LogP) is 4.24. The van der Waals surface area contributed by atoms with Crippen LogP contribution in [0.15, 0.2) is 51.5 Å². The molecule has 5 rings (SSSR count). The molecule has 0 radical (unpaired) electrons. The lowest BCUT2D eigenvalue weighted by Crippen LogP contribution is -2.26. The second-order valence-electron chi connectivity index (χ2n) is 7.83. The average molecular weight is 432 g/mol. The summed E-state index contributed by atoms with van der Waals surface area (Å²) >= 11 is 0. The van der Waals surface area contributed by atoms with Crippen LogP contribution < -0.4 is 5.32 Å². The van der Waals surface area contributed by atoms with Gasteiger partial charge in [0.25, 0.3) is 11.6 Å². The summed E-state index contributed by atoms with van der Waals surface area (Å²) in [6.45, 7) is 3.44. The summed E-state index contributed by atoms with van der Waals surface area (Å²) in [6.07, 6.45) is 0.812. The quantitative estimate of drug-likeness (QED) is 0.449. The second kappa shape index (κ2) is 7.92. The molecule has 1 fully saturated rings. The molecule has 4 aromatic rings. The van der Waals surface area contributed by atoms with E-state index >= 15 is 0 Å². The van der Waals surface area contributed by atoms with Crippen LogP contribution in [0, 0.1) is 13.8 Å². The van der Waals surface area contributed by atoms with E-state index in [-0.39, 0.29) is 17.1 Å². The van der Waals surface area contributed by atoms with Crippen LogP contribution >= 0.6 is 0 Å². The molecule has 1 unspecified atom stereocenters. The molecular formula is C23H20N4O5. The number of anilines is 1. The molecule has 9 heteroatoms. The highest BCUT2D eigenvalue weighted by Crippen LogP contribution is 2.40. The highest BCUT2D eigenvalue weighted by Gasteiger charge is 2.31. The van der Waals surface area contributed by atoms with E-state index in [4.69, 9.17) is 13.8 Å². The minimum Gasteiger partial charge on any atom is -0.444 e. The maximum absolute atomic E-state index is 13.3. The lowest BCUT2D eigenvalue weighted by Gasteiger charge is -2.18. The monoisotopic (exact) mass is 432 g/mol. The molecule has 0 spiro atoms. The van der Waals surface area contributed by atoms with Crippen molar-refractivity contribution in [2.75, 3.05) is 5.32 Å². The molecule has 3 heterocycles. The zero-order valence-corrected chi connectivity index (χ0v) is 17.5. The van der Waals surface area contributed by atoms with Crippen molar-refractivity contribution in [3.63, 3.8) is 0 Å². The molecule has 0 saturated heterocycles. The van der Waals surface area contributed by atoms with Gasteiger partial charge in [-0.1, -0.05) is 40.6 Å². The minimum absolute atomic E-state index is 0.238. The number of hydrogen-bond donors (Lipinski definition) is 1. The fourth-order valence-corrected chi connectivity index (χ4v) is 3.55. The van der Waals surface area contributed by atoms with Crippen molar-refractivity contribution in [2.24, 2.45) is 0 Å². The van der Waals surface area contributed by atoms with Crippen molar-refractivity contribution < 1.29 is 23.4 Å². The van der Waals surface area contributed by atoms with Gasteiger partial charge in [0, 0.05) is 23.2 Å². The van der Waals surface area contributed by atoms with E-state index < -0.39 is 18.0 Å². The van der Waals surface area contributed by atoms with Crippen molar-refractivity contribution in [3.8, 4) is 0 Å². The summed E-state index contributed by atoms with van der Waals surface area (Å²) in [6, 6.07) is 12.1. The molecule has 1 saturated carbocycles. The first-order valence-corrected chi connectivity index (χ1v) is 10.3. The van der Waals surface area contributed by atoms with E-state index in [1.54, 1.807) is 50.2 Å². The predicted molar refractivity (Wildman–Crippen MR) is 113 cm³/mol. The number of nitrogens with zero attached hydrogens (tertiary/aromatic N) is 3. The van der Waals surface area contributed by atoms with Crippen LogP contribution in [-0.2, 0) is 9.53 Å². The summed E-state index contributed by atoms with van der Waals surface area (Å²) in [5, 5.41) is 10.8. The smallest absolute Gasteiger partial charge is 0.340 e. The molecule has 1 atom stereocenters. The number of pyridine rings is 1. The molecule has 1 amide bonds. The molecule has 162 valence electrons. The Bertz CT molecular complexity index is 1310. The van der Waals surface area contributed by atoms with Crippen molar-refractivity contribution in [2.45, 2.75) is 38.7 Å². The lowest BCUT2D eigenvalue weighted by molar-refractivity contribution is -0.125. The minimum atomic E-state index is -1.20. The van der Waals surface area contributed by atoms with Crippen LogP contribution in [0.1, 0.15) is 57.9 Å². The summed E-state index contributed by atoms with van der Waals surface area (Å²) in [4.78, 5) is 30.9. The number of rotatable bonds is 6. The first kappa shape index (κ1) is 19.9. The lowest BCUT2D eigenvalue weighted by atomic mass is 10.1. The van der Waals surface area contributed by atoms with Gasteiger partial charge in [-0.2, -0.15) is 0 Å². The van der Waals surface area contributed by atoms with Crippen LogP contribution in [0.3, 0.4) is 0 Å². The number of carbonyl (C=O) groups excluding carboxylic acids is 2. The van der Waals surface area contributed by atoms with Gasteiger partial charge < -0.3 is 19.1 Å². The average Bonchev–Trinajstić information content (AvgIpc) is 3.48. The Kier molecular flexibility index (Phi) is 4.93. The third kappa shape index (κ3) is 3.84. The molecule has 32 heavy (non-hydrogen) atoms. The molecule has 3 aromatic heterocycles. The molecular weight excluding hydrogens is 412 g/mol. The van der Waals surface area contributed by atoms with Crippen molar-refractivity contribution in [1.29, 1.82) is 0 Å². The van der Waals surface area contributed by atoms with E-state index in [0.717, 1.165) is 18.5 Å². The number of aryl methyl sites for hydroxylation is 2. The maximum atomic E-state index is 13.3. The Morgan fingerprint density at radius 1 is 1.09 bits per heavy atom. The van der Waals surface area contributed by atoms with Gasteiger partial charge in [0.05, 0.1) is 16.6 Å². The van der Waals surface area contributed by atoms with Crippen LogP contribution in [0.2, 0.25) is 0 Å². The number of benzene rings is 1. The van der Waals surface area contributed by atoms with E-state index in [1.807, 2.05) is 6.07 Å². The number of hydrogen-bond acceptors (Lipinski definition) is 8. The number of esters is 1. The first-order chi connectivity index (χ1) is 15.5. The van der Waals surface area contributed by atoms with Gasteiger partial charge in [-0.15, -0.1) is 0 Å². The standard InChI is InChI=1S/C23H20N4O5/c1-12-10-18(27-31-12)25-21(28)20(15-6-4-3-5-7-15)30-23(29)16-11-17(14-8-9-14)24-22-19(16)13(2)26-32-22/h3-7,10-11,14,20H,8-9H2,1-2H3,(H,25,27,28). The largest absolute Gasteiger partial charge is 0.444 e. The molecule has 0 aliphatic heterocycles. The second-order valence-corrected chi connectivity index (χ2v) is 7.83. The fourth-order valence-electron chi connectivity index (χ4n) is 3.55. The van der Waals surface area contributed by atoms with E-state index in [9.17, 15) is 9.59 Å². The number of aromatic nitrogens is 3. The number of nitrogens with one attached hydrogen (secondary N) is 1. The van der Waals surface area contributed by atoms with E-state index in [1.165, 1.54) is 0 Å². The molecule has 1 aliphatic carbocycles. The number of amides is 1. The molecule has 1 N–H and O–H groups in total. The van der Waals surface area contributed by atoms with Crippen LogP contribution in [0.4, 0.5) is 5.82 Å². The number of fused-ring (bicyclic) bond motifs is 1. The van der Waals surface area contributed by atoms with Gasteiger partial charge in [0.1, 0.15) is 5.76 Å². The third-order valence-electron chi connectivity index (χ3n) is 5.30. The highest BCUT2D eigenvalue weighted by molar-refractivity contribution is 6.05. The Morgan fingerprint density at radius 3 is 2.56 bits per heavy atom. The van der Waals surface area contributed by atoms with Crippen molar-refractivity contribution in [1.82, 2.24) is 15.3 Å². The van der Waals surface area contributed by atoms with Gasteiger partial charge >= 0.3 is 5.97 Å². The normalized spacial score (nSPS) is 14.3. The molecule has 1 aromatic carbocycles. The Morgan fingerprint density at radius 2 is 1.88 bits per heavy atom. The van der Waals surface area contributed by atoms with Gasteiger partial charge in [-0.25, -0.2) is 9.78 Å². The summed E-state index contributed by atoms with van der Waals surface area (Å²) in [5.41, 5.74) is 2.38. The van der Waals surface area contributed by atoms with E-state index in [2.05, 4.69) is 20.6 Å². The molecule has 1 aliphatic rings. The van der Waals surface area contributed by atoms with Gasteiger partial charge in [0.15, 0.2) is 5.82 Å². The van der Waals surface area contributed by atoms with Crippen LogP contribution in [0.25, 0.3) is 11.1 Å². The fraction of sp³-hybridized carbons (Fsp3) is 0.261. The van der Waals surface area contributed by atoms with Crippen LogP contribution in [0.5, 0.6) is 0 Å². The van der Waals surface area contributed by atoms with Crippen molar-refractivity contribution >= 4 is 28.8 Å².